The molecule has 0 rings (SSSR count). The van der Waals surface area contributed by atoms with Crippen LogP contribution in [-0.4, -0.2) is 36.5 Å². The molecule has 78 valence electrons. The molecule has 0 radical (unpaired) electrons. The first-order valence-electron chi connectivity index (χ1n) is 4.51. The highest BCUT2D eigenvalue weighted by molar-refractivity contribution is 9.09. The Bertz CT molecular complexity index is 151. The second-order valence-corrected chi connectivity index (χ2v) is 4.23. The number of ether oxygens (including phenoxy) is 1. The molecule has 0 N–H and O–H groups in total. The van der Waals surface area contributed by atoms with Crippen LogP contribution in [-0.2, 0) is 4.74 Å². The van der Waals surface area contributed by atoms with E-state index in [9.17, 15) is 4.79 Å². The van der Waals surface area contributed by atoms with Crippen molar-refractivity contribution in [1.82, 2.24) is 4.90 Å². The van der Waals surface area contributed by atoms with Crippen LogP contribution in [0.25, 0.3) is 0 Å². The van der Waals surface area contributed by atoms with Gasteiger partial charge in [0.25, 0.3) is 0 Å². The van der Waals surface area contributed by atoms with Crippen LogP contribution in [0, 0.1) is 5.92 Å². The lowest BCUT2D eigenvalue weighted by atomic mass is 10.2. The third-order valence-electron chi connectivity index (χ3n) is 1.48. The lowest BCUT2D eigenvalue weighted by Gasteiger charge is -2.17. The van der Waals surface area contributed by atoms with Gasteiger partial charge in [-0.2, -0.15) is 0 Å². The number of hydrogen-bond acceptors (Lipinski definition) is 2. The average molecular weight is 252 g/mol. The maximum atomic E-state index is 11.2. The van der Waals surface area contributed by atoms with Gasteiger partial charge in [-0.25, -0.2) is 4.79 Å². The summed E-state index contributed by atoms with van der Waals surface area (Å²) in [4.78, 5) is 12.8. The van der Waals surface area contributed by atoms with E-state index in [-0.39, 0.29) is 6.09 Å². The second-order valence-electron chi connectivity index (χ2n) is 3.43. The van der Waals surface area contributed by atoms with E-state index in [2.05, 4.69) is 15.9 Å². The summed E-state index contributed by atoms with van der Waals surface area (Å²) in [6, 6.07) is 0. The molecule has 3 nitrogen and oxygen atoms in total. The molecule has 0 saturated heterocycles. The number of amides is 1. The van der Waals surface area contributed by atoms with Gasteiger partial charge in [0.1, 0.15) is 0 Å². The van der Waals surface area contributed by atoms with E-state index < -0.39 is 0 Å². The highest BCUT2D eigenvalue weighted by Crippen LogP contribution is 1.98. The van der Waals surface area contributed by atoms with Gasteiger partial charge in [-0.1, -0.05) is 29.8 Å². The van der Waals surface area contributed by atoms with Crippen molar-refractivity contribution < 1.29 is 9.53 Å². The molecule has 0 aliphatic rings. The van der Waals surface area contributed by atoms with Crippen LogP contribution in [0.5, 0.6) is 0 Å². The lowest BCUT2D eigenvalue weighted by molar-refractivity contribution is 0.100. The van der Waals surface area contributed by atoms with Crippen molar-refractivity contribution in [3.63, 3.8) is 0 Å². The van der Waals surface area contributed by atoms with E-state index in [1.165, 1.54) is 0 Å². The zero-order chi connectivity index (χ0) is 10.3. The third kappa shape index (κ3) is 6.87. The summed E-state index contributed by atoms with van der Waals surface area (Å²) in [5.74, 6) is 0.397. The Balaban J connectivity index is 3.57. The van der Waals surface area contributed by atoms with E-state index in [1.54, 1.807) is 11.9 Å². The summed E-state index contributed by atoms with van der Waals surface area (Å²) in [7, 11) is 1.76. The van der Waals surface area contributed by atoms with Crippen molar-refractivity contribution in [2.24, 2.45) is 5.92 Å². The fourth-order valence-corrected chi connectivity index (χ4v) is 0.987. The van der Waals surface area contributed by atoms with E-state index in [4.69, 9.17) is 4.74 Å². The van der Waals surface area contributed by atoms with E-state index in [0.717, 1.165) is 18.3 Å². The molecule has 0 bridgehead atoms. The van der Waals surface area contributed by atoms with Crippen molar-refractivity contribution in [3.8, 4) is 0 Å². The molecule has 0 saturated carbocycles. The first kappa shape index (κ1) is 12.8. The quantitative estimate of drug-likeness (QED) is 0.703. The molecule has 13 heavy (non-hydrogen) atoms. The highest BCUT2D eigenvalue weighted by Gasteiger charge is 2.09. The van der Waals surface area contributed by atoms with Gasteiger partial charge in [-0.15, -0.1) is 0 Å². The van der Waals surface area contributed by atoms with Crippen LogP contribution in [0.3, 0.4) is 0 Å². The fourth-order valence-electron chi connectivity index (χ4n) is 0.736. The molecule has 0 fully saturated rings. The number of carbonyl (C=O) groups is 1. The minimum atomic E-state index is -0.227. The minimum absolute atomic E-state index is 0.227. The van der Waals surface area contributed by atoms with Gasteiger partial charge < -0.3 is 9.64 Å². The summed E-state index contributed by atoms with van der Waals surface area (Å²) < 4.78 is 5.03. The predicted octanol–water partition coefficient (Wildman–Crippen LogP) is 2.50. The third-order valence-corrected chi connectivity index (χ3v) is 2.04. The maximum Gasteiger partial charge on any atom is 0.409 e. The smallest absolute Gasteiger partial charge is 0.409 e. The van der Waals surface area contributed by atoms with Gasteiger partial charge in [-0.3, -0.25) is 0 Å². The van der Waals surface area contributed by atoms with E-state index in [0.29, 0.717) is 12.5 Å². The van der Waals surface area contributed by atoms with Crippen molar-refractivity contribution in [3.05, 3.63) is 0 Å². The van der Waals surface area contributed by atoms with Gasteiger partial charge in [0.2, 0.25) is 0 Å². The van der Waals surface area contributed by atoms with Gasteiger partial charge in [-0.05, 0) is 12.3 Å². The summed E-state index contributed by atoms with van der Waals surface area (Å²) in [5.41, 5.74) is 0. The Morgan fingerprint density at radius 2 is 2.15 bits per heavy atom. The van der Waals surface area contributed by atoms with Gasteiger partial charge in [0.05, 0.1) is 6.61 Å². The summed E-state index contributed by atoms with van der Waals surface area (Å²) >= 11 is 3.31. The maximum absolute atomic E-state index is 11.2. The van der Waals surface area contributed by atoms with Crippen LogP contribution in [0.4, 0.5) is 4.79 Å². The molecule has 0 aliphatic carbocycles. The number of nitrogens with zero attached hydrogens (tertiary/aromatic N) is 1. The first-order valence-corrected chi connectivity index (χ1v) is 5.64. The van der Waals surface area contributed by atoms with E-state index in [1.807, 2.05) is 13.8 Å². The molecule has 0 heterocycles. The number of rotatable bonds is 5. The zero-order valence-electron chi connectivity index (χ0n) is 8.55. The van der Waals surface area contributed by atoms with Gasteiger partial charge >= 0.3 is 6.09 Å². The van der Waals surface area contributed by atoms with Crippen LogP contribution >= 0.6 is 15.9 Å². The van der Waals surface area contributed by atoms with Crippen LogP contribution in [0.1, 0.15) is 20.3 Å². The molecular formula is C9H18BrNO2. The van der Waals surface area contributed by atoms with Crippen molar-refractivity contribution in [2.45, 2.75) is 20.3 Å². The highest BCUT2D eigenvalue weighted by atomic mass is 79.9. The summed E-state index contributed by atoms with van der Waals surface area (Å²) in [6.45, 7) is 5.27. The molecule has 0 unspecified atom stereocenters. The number of alkyl halides is 1. The van der Waals surface area contributed by atoms with Gasteiger partial charge in [0, 0.05) is 18.9 Å². The predicted molar refractivity (Wildman–Crippen MR) is 57.2 cm³/mol. The SMILES string of the molecule is CC(C)COC(=O)N(C)CCCBr. The Labute approximate surface area is 88.6 Å². The molecule has 0 atom stereocenters. The zero-order valence-corrected chi connectivity index (χ0v) is 10.1. The Kier molecular flexibility index (Phi) is 7.04. The Hall–Kier alpha value is -0.250. The molecule has 1 amide bonds. The molecule has 0 aromatic carbocycles. The minimum Gasteiger partial charge on any atom is -0.449 e. The second kappa shape index (κ2) is 7.18. The topological polar surface area (TPSA) is 29.5 Å². The van der Waals surface area contributed by atoms with E-state index >= 15 is 0 Å². The average Bonchev–Trinajstić information content (AvgIpc) is 2.10. The monoisotopic (exact) mass is 251 g/mol. The first-order chi connectivity index (χ1) is 6.07. The van der Waals surface area contributed by atoms with Crippen LogP contribution < -0.4 is 0 Å². The molecule has 0 aliphatic heterocycles. The molecule has 0 spiro atoms. The largest absolute Gasteiger partial charge is 0.449 e. The number of hydrogen-bond donors (Lipinski definition) is 0. The summed E-state index contributed by atoms with van der Waals surface area (Å²) in [5, 5.41) is 0.912. The standard InChI is InChI=1S/C9H18BrNO2/c1-8(2)7-13-9(12)11(3)6-4-5-10/h8H,4-7H2,1-3H3. The lowest BCUT2D eigenvalue weighted by Crippen LogP contribution is -2.29. The van der Waals surface area contributed by atoms with Crippen molar-refractivity contribution in [1.29, 1.82) is 0 Å². The normalized spacial score (nSPS) is 10.2. The van der Waals surface area contributed by atoms with Crippen molar-refractivity contribution >= 4 is 22.0 Å². The number of halogens is 1. The van der Waals surface area contributed by atoms with Gasteiger partial charge in [0.15, 0.2) is 0 Å². The summed E-state index contributed by atoms with van der Waals surface area (Å²) in [6.07, 6.45) is 0.724. The van der Waals surface area contributed by atoms with Crippen LogP contribution in [0.2, 0.25) is 0 Å². The molecular weight excluding hydrogens is 234 g/mol. The Morgan fingerprint density at radius 1 is 1.54 bits per heavy atom. The Morgan fingerprint density at radius 3 is 2.62 bits per heavy atom. The molecule has 0 aromatic rings. The van der Waals surface area contributed by atoms with Crippen molar-refractivity contribution in [2.75, 3.05) is 25.5 Å². The number of carbonyl (C=O) groups excluding carboxylic acids is 1. The fraction of sp³-hybridized carbons (Fsp3) is 0.889. The molecule has 4 heteroatoms. The van der Waals surface area contributed by atoms with Crippen LogP contribution in [0.15, 0.2) is 0 Å². The molecule has 0 aromatic heterocycles.